The molecule has 0 radical (unpaired) electrons. The van der Waals surface area contributed by atoms with Gasteiger partial charge in [-0.1, -0.05) is 24.3 Å². The zero-order valence-corrected chi connectivity index (χ0v) is 14.9. The molecule has 1 aliphatic heterocycles. The van der Waals surface area contributed by atoms with Crippen LogP contribution in [-0.2, 0) is 9.47 Å². The number of aromatic nitrogens is 3. The number of nitrogens with zero attached hydrogens (tertiary/aromatic N) is 3. The van der Waals surface area contributed by atoms with E-state index in [9.17, 15) is 0 Å². The first-order valence-electron chi connectivity index (χ1n) is 8.97. The summed E-state index contributed by atoms with van der Waals surface area (Å²) in [6.45, 7) is 7.95. The summed E-state index contributed by atoms with van der Waals surface area (Å²) in [5.74, 6) is 0.146. The third-order valence-corrected chi connectivity index (χ3v) is 5.63. The average Bonchev–Trinajstić information content (AvgIpc) is 3.21. The molecule has 4 atom stereocenters. The number of ether oxygens (including phenoxy) is 2. The highest BCUT2D eigenvalue weighted by molar-refractivity contribution is 6.11. The summed E-state index contributed by atoms with van der Waals surface area (Å²) >= 11 is 0. The number of fused-ring (bicyclic) bond motifs is 4. The van der Waals surface area contributed by atoms with E-state index in [0.717, 1.165) is 28.4 Å². The molecule has 6 nitrogen and oxygen atoms in total. The van der Waals surface area contributed by atoms with E-state index in [4.69, 9.17) is 15.2 Å². The summed E-state index contributed by atoms with van der Waals surface area (Å²) in [4.78, 5) is 8.77. The normalized spacial score (nSPS) is 30.1. The van der Waals surface area contributed by atoms with Crippen LogP contribution in [0.5, 0.6) is 0 Å². The van der Waals surface area contributed by atoms with Gasteiger partial charge in [-0.05, 0) is 26.3 Å². The van der Waals surface area contributed by atoms with Crippen molar-refractivity contribution in [2.45, 2.75) is 44.3 Å². The second-order valence-electron chi connectivity index (χ2n) is 7.61. The van der Waals surface area contributed by atoms with Crippen molar-refractivity contribution in [2.24, 2.45) is 5.92 Å². The molecule has 1 saturated heterocycles. The van der Waals surface area contributed by atoms with Crippen LogP contribution in [-0.4, -0.2) is 32.5 Å². The van der Waals surface area contributed by atoms with Crippen molar-refractivity contribution in [3.8, 4) is 0 Å². The standard InChI is InChI=1S/C20H22N4O2/c1-4-11-9-14(17-16(11)25-20(2,3)26-17)24-13-8-6-5-7-12(13)15-18(21)22-10-23-19(15)24/h4-8,10-11,14,16-17H,1,9H2,2-3H3,(H2,21,22,23)/t11-,14+,16+,17-/m0/s1. The number of hydrogen-bond donors (Lipinski definition) is 1. The molecular weight excluding hydrogens is 328 g/mol. The number of rotatable bonds is 2. The molecule has 3 heterocycles. The molecule has 5 rings (SSSR count). The molecular formula is C20H22N4O2. The number of nitrogens with two attached hydrogens (primary N) is 1. The highest BCUT2D eigenvalue weighted by Crippen LogP contribution is 2.49. The third kappa shape index (κ3) is 2.06. The first kappa shape index (κ1) is 15.8. The molecule has 2 aliphatic rings. The molecule has 0 bridgehead atoms. The lowest BCUT2D eigenvalue weighted by Crippen LogP contribution is -2.27. The summed E-state index contributed by atoms with van der Waals surface area (Å²) in [7, 11) is 0. The molecule has 1 saturated carbocycles. The van der Waals surface area contributed by atoms with E-state index in [2.05, 4.69) is 33.2 Å². The topological polar surface area (TPSA) is 75.2 Å². The Morgan fingerprint density at radius 2 is 2.00 bits per heavy atom. The van der Waals surface area contributed by atoms with Crippen LogP contribution in [0.2, 0.25) is 0 Å². The highest BCUT2D eigenvalue weighted by atomic mass is 16.8. The second-order valence-corrected chi connectivity index (χ2v) is 7.61. The summed E-state index contributed by atoms with van der Waals surface area (Å²) in [5, 5.41) is 1.97. The summed E-state index contributed by atoms with van der Waals surface area (Å²) in [6, 6.07) is 8.33. The van der Waals surface area contributed by atoms with Crippen LogP contribution in [0.3, 0.4) is 0 Å². The van der Waals surface area contributed by atoms with Crippen LogP contribution in [0.25, 0.3) is 21.9 Å². The Morgan fingerprint density at radius 3 is 2.81 bits per heavy atom. The number of para-hydroxylation sites is 1. The molecule has 1 aliphatic carbocycles. The Bertz CT molecular complexity index is 1030. The van der Waals surface area contributed by atoms with Crippen molar-refractivity contribution in [1.82, 2.24) is 14.5 Å². The van der Waals surface area contributed by atoms with Gasteiger partial charge in [0.15, 0.2) is 5.79 Å². The van der Waals surface area contributed by atoms with Gasteiger partial charge in [0.1, 0.15) is 23.9 Å². The van der Waals surface area contributed by atoms with E-state index in [1.807, 2.05) is 32.1 Å². The van der Waals surface area contributed by atoms with Crippen molar-refractivity contribution in [2.75, 3.05) is 5.73 Å². The summed E-state index contributed by atoms with van der Waals surface area (Å²) < 4.78 is 14.8. The van der Waals surface area contributed by atoms with Crippen LogP contribution in [0.15, 0.2) is 43.2 Å². The van der Waals surface area contributed by atoms with E-state index < -0.39 is 5.79 Å². The molecule has 0 spiro atoms. The van der Waals surface area contributed by atoms with E-state index in [1.165, 1.54) is 6.33 Å². The summed E-state index contributed by atoms with van der Waals surface area (Å²) in [5.41, 5.74) is 8.14. The second kappa shape index (κ2) is 5.28. The van der Waals surface area contributed by atoms with Gasteiger partial charge in [0, 0.05) is 11.3 Å². The smallest absolute Gasteiger partial charge is 0.163 e. The lowest BCUT2D eigenvalue weighted by atomic mass is 10.1. The number of anilines is 1. The maximum absolute atomic E-state index is 6.30. The Hall–Kier alpha value is -2.44. The SMILES string of the molecule is C=C[C@H]1C[C@@H](n2c3ccccc3c3c(N)ncnc32)[C@@H]2OC(C)(C)O[C@@H]21. The summed E-state index contributed by atoms with van der Waals surface area (Å²) in [6.07, 6.45) is 4.36. The zero-order chi connectivity index (χ0) is 18.1. The monoisotopic (exact) mass is 350 g/mol. The van der Waals surface area contributed by atoms with Gasteiger partial charge >= 0.3 is 0 Å². The van der Waals surface area contributed by atoms with E-state index >= 15 is 0 Å². The van der Waals surface area contributed by atoms with Gasteiger partial charge in [-0.15, -0.1) is 6.58 Å². The molecule has 3 aromatic rings. The van der Waals surface area contributed by atoms with E-state index in [0.29, 0.717) is 5.82 Å². The maximum Gasteiger partial charge on any atom is 0.163 e. The minimum Gasteiger partial charge on any atom is -0.383 e. The van der Waals surface area contributed by atoms with Gasteiger partial charge in [0.25, 0.3) is 0 Å². The first-order chi connectivity index (χ1) is 12.5. The lowest BCUT2D eigenvalue weighted by Gasteiger charge is -2.24. The fourth-order valence-corrected chi connectivity index (χ4v) is 4.65. The molecule has 0 unspecified atom stereocenters. The highest BCUT2D eigenvalue weighted by Gasteiger charge is 2.54. The van der Waals surface area contributed by atoms with Gasteiger partial charge < -0.3 is 19.8 Å². The molecule has 1 aromatic carbocycles. The molecule has 26 heavy (non-hydrogen) atoms. The first-order valence-corrected chi connectivity index (χ1v) is 8.97. The average molecular weight is 350 g/mol. The lowest BCUT2D eigenvalue weighted by molar-refractivity contribution is -0.158. The van der Waals surface area contributed by atoms with Gasteiger partial charge in [0.2, 0.25) is 0 Å². The molecule has 2 N–H and O–H groups in total. The van der Waals surface area contributed by atoms with Crippen molar-refractivity contribution in [1.29, 1.82) is 0 Å². The Balaban J connectivity index is 1.76. The van der Waals surface area contributed by atoms with Gasteiger partial charge in [-0.25, -0.2) is 9.97 Å². The maximum atomic E-state index is 6.30. The molecule has 6 heteroatoms. The fraction of sp³-hybridized carbons (Fsp3) is 0.400. The zero-order valence-electron chi connectivity index (χ0n) is 14.9. The van der Waals surface area contributed by atoms with Crippen LogP contribution in [0.4, 0.5) is 5.82 Å². The number of nitrogen functional groups attached to an aromatic ring is 1. The Kier molecular flexibility index (Phi) is 3.21. The van der Waals surface area contributed by atoms with Gasteiger partial charge in [0.05, 0.1) is 23.0 Å². The van der Waals surface area contributed by atoms with Crippen LogP contribution in [0, 0.1) is 5.92 Å². The van der Waals surface area contributed by atoms with Crippen LogP contribution in [0.1, 0.15) is 26.3 Å². The quantitative estimate of drug-likeness (QED) is 0.717. The Labute approximate surface area is 151 Å². The Morgan fingerprint density at radius 1 is 1.23 bits per heavy atom. The largest absolute Gasteiger partial charge is 0.383 e. The van der Waals surface area contributed by atoms with E-state index in [-0.39, 0.29) is 24.2 Å². The van der Waals surface area contributed by atoms with Gasteiger partial charge in [-0.2, -0.15) is 0 Å². The minimum absolute atomic E-state index is 0.00268. The predicted octanol–water partition coefficient (Wildman–Crippen LogP) is 3.43. The molecule has 2 aromatic heterocycles. The van der Waals surface area contributed by atoms with Crippen LogP contribution < -0.4 is 5.73 Å². The number of hydrogen-bond acceptors (Lipinski definition) is 5. The van der Waals surface area contributed by atoms with Crippen molar-refractivity contribution in [3.63, 3.8) is 0 Å². The molecule has 2 fully saturated rings. The van der Waals surface area contributed by atoms with Crippen LogP contribution >= 0.6 is 0 Å². The molecule has 0 amide bonds. The van der Waals surface area contributed by atoms with Gasteiger partial charge in [-0.3, -0.25) is 0 Å². The van der Waals surface area contributed by atoms with Crippen molar-refractivity contribution < 1.29 is 9.47 Å². The third-order valence-electron chi connectivity index (χ3n) is 5.63. The molecule has 134 valence electrons. The predicted molar refractivity (Wildman–Crippen MR) is 101 cm³/mol. The minimum atomic E-state index is -0.595. The number of benzene rings is 1. The van der Waals surface area contributed by atoms with Crippen molar-refractivity contribution >= 4 is 27.8 Å². The fourth-order valence-electron chi connectivity index (χ4n) is 4.65. The van der Waals surface area contributed by atoms with Crippen molar-refractivity contribution in [3.05, 3.63) is 43.2 Å². The van der Waals surface area contributed by atoms with E-state index in [1.54, 1.807) is 0 Å².